The number of hydrogen-bond donors (Lipinski definition) is 1. The van der Waals surface area contributed by atoms with E-state index in [1.54, 1.807) is 0 Å². The Labute approximate surface area is 359 Å². The first kappa shape index (κ1) is 59.0. The van der Waals surface area contributed by atoms with Crippen molar-refractivity contribution in [1.29, 1.82) is 0 Å². The molecule has 0 spiro atoms. The predicted molar refractivity (Wildman–Crippen MR) is 237 cm³/mol. The molecule has 3 nitrogen and oxygen atoms in total. The van der Waals surface area contributed by atoms with Gasteiger partial charge in [-0.2, -0.15) is 49.4 Å². The SMILES string of the molecule is CC.CC.CC.CC.CCN.Cc1n[c-]c(Cc2[c-]cccc2)c(C(C)(C)C)n1.S.[Y].c1ccc2ccccc2c#1.c1ccccc1.c1ccccc1. The summed E-state index contributed by atoms with van der Waals surface area (Å²) in [5, 5.41) is 2.35. The van der Waals surface area contributed by atoms with Crippen molar-refractivity contribution in [2.75, 3.05) is 6.54 Å². The average Bonchev–Trinajstić information content (AvgIpc) is 3.21. The number of rotatable bonds is 2. The Bertz CT molecular complexity index is 1380. The number of aromatic nitrogens is 2. The molecule has 1 radical (unpaired) electrons. The van der Waals surface area contributed by atoms with Crippen molar-refractivity contribution in [2.24, 2.45) is 5.73 Å². The van der Waals surface area contributed by atoms with Crippen LogP contribution in [0.25, 0.3) is 10.8 Å². The maximum absolute atomic E-state index is 4.85. The van der Waals surface area contributed by atoms with Crippen LogP contribution in [0.2, 0.25) is 0 Å². The van der Waals surface area contributed by atoms with Crippen LogP contribution in [0.5, 0.6) is 0 Å². The molecule has 287 valence electrons. The Hall–Kier alpha value is -3.33. The van der Waals surface area contributed by atoms with Crippen molar-refractivity contribution in [2.45, 2.75) is 102 Å². The summed E-state index contributed by atoms with van der Waals surface area (Å²) >= 11 is 0. The molecule has 6 rings (SSSR count). The van der Waals surface area contributed by atoms with Gasteiger partial charge in [0.2, 0.25) is 0 Å². The van der Waals surface area contributed by atoms with Gasteiger partial charge < -0.3 is 15.7 Å². The standard InChI is InChI=1S/C16H18N2.C10H6.2C6H6.C2H7N.4C2H6.H2S.Y/c1-12-17-11-14(15(18-12)16(2,3)4)10-13-8-6-5-7-9-13;1-2-6-10-8-4-3-7-9(10)5-1;2*1-2-4-6-5-3-1;1-2-3;4*1-2;;/h5-8H,10H2,1-4H3;1-3,5-7H;2*1-6H;2-3H2,1H3;4*1-2H3;1H2;/q-2;;;;;;;;;;. The van der Waals surface area contributed by atoms with Gasteiger partial charge in [0, 0.05) is 43.9 Å². The number of hydrogen-bond acceptors (Lipinski definition) is 3. The third-order valence-electron chi connectivity index (χ3n) is 5.61. The molecule has 6 aromatic rings. The molecule has 5 heteroatoms. The summed E-state index contributed by atoms with van der Waals surface area (Å²) in [6, 6.07) is 53.2. The number of aryl methyl sites for hydroxylation is 1. The average molecular weight is 809 g/mol. The molecule has 0 unspecified atom stereocenters. The second-order valence-corrected chi connectivity index (χ2v) is 10.4. The Balaban J connectivity index is -0.000000188. The summed E-state index contributed by atoms with van der Waals surface area (Å²) in [4.78, 5) is 8.78. The van der Waals surface area contributed by atoms with Crippen LogP contribution in [-0.2, 0) is 44.5 Å². The smallest absolute Gasteiger partial charge is 0.0321 e. The molecule has 0 saturated heterocycles. The number of benzene rings is 4. The summed E-state index contributed by atoms with van der Waals surface area (Å²) in [6.07, 6.45) is 3.91. The largest absolute Gasteiger partial charge is 0.373 e. The fourth-order valence-electron chi connectivity index (χ4n) is 3.71. The van der Waals surface area contributed by atoms with Gasteiger partial charge in [0.15, 0.2) is 0 Å². The zero-order chi connectivity index (χ0) is 39.2. The molecule has 0 aliphatic heterocycles. The minimum Gasteiger partial charge on any atom is -0.373 e. The minimum absolute atomic E-state index is 0. The maximum Gasteiger partial charge on any atom is 0.0321 e. The monoisotopic (exact) mass is 808 g/mol. The molecule has 0 fully saturated rings. The van der Waals surface area contributed by atoms with Gasteiger partial charge in [0.05, 0.1) is 0 Å². The van der Waals surface area contributed by atoms with E-state index in [1.807, 2.05) is 191 Å². The molecular weight excluding hydrogens is 740 g/mol. The van der Waals surface area contributed by atoms with Crippen molar-refractivity contribution in [1.82, 2.24) is 9.97 Å². The van der Waals surface area contributed by atoms with Crippen LogP contribution in [0.4, 0.5) is 0 Å². The van der Waals surface area contributed by atoms with Crippen LogP contribution in [0.3, 0.4) is 0 Å². The van der Waals surface area contributed by atoms with E-state index in [0.29, 0.717) is 0 Å². The van der Waals surface area contributed by atoms with Crippen LogP contribution >= 0.6 is 13.5 Å². The molecule has 1 aromatic heterocycles. The predicted octanol–water partition coefficient (Wildman–Crippen LogP) is 13.3. The first-order valence-electron chi connectivity index (χ1n) is 18.5. The van der Waals surface area contributed by atoms with E-state index in [0.717, 1.165) is 41.0 Å². The normalized spacial score (nSPS) is 8.26. The number of nitrogens with two attached hydrogens (primary N) is 1. The van der Waals surface area contributed by atoms with Gasteiger partial charge in [-0.15, -0.1) is 5.56 Å². The molecular formula is C48H69N3SY-2. The van der Waals surface area contributed by atoms with Crippen molar-refractivity contribution in [3.8, 4) is 0 Å². The quantitative estimate of drug-likeness (QED) is 0.177. The summed E-state index contributed by atoms with van der Waals surface area (Å²) in [5.41, 5.74) is 8.14. The molecule has 53 heavy (non-hydrogen) atoms. The molecule has 0 atom stereocenters. The van der Waals surface area contributed by atoms with Crippen LogP contribution in [0.1, 0.15) is 106 Å². The molecule has 0 aliphatic rings. The molecule has 0 bridgehead atoms. The fraction of sp³-hybridized carbons (Fsp3) is 0.333. The van der Waals surface area contributed by atoms with Gasteiger partial charge in [-0.3, -0.25) is 0 Å². The first-order chi connectivity index (χ1) is 24.8. The second-order valence-electron chi connectivity index (χ2n) is 10.4. The summed E-state index contributed by atoms with van der Waals surface area (Å²) in [7, 11) is 0. The molecule has 0 amide bonds. The minimum atomic E-state index is 0. The Morgan fingerprint density at radius 3 is 1.49 bits per heavy atom. The van der Waals surface area contributed by atoms with Gasteiger partial charge in [0.1, 0.15) is 0 Å². The molecule has 1 heterocycles. The van der Waals surface area contributed by atoms with E-state index in [-0.39, 0.29) is 51.6 Å². The van der Waals surface area contributed by atoms with E-state index in [2.05, 4.69) is 67.3 Å². The van der Waals surface area contributed by atoms with E-state index < -0.39 is 0 Å². The first-order valence-corrected chi connectivity index (χ1v) is 18.5. The Kier molecular flexibility index (Phi) is 47.9. The second kappa shape index (κ2) is 43.1. The van der Waals surface area contributed by atoms with Gasteiger partial charge in [-0.25, -0.2) is 0 Å². The topological polar surface area (TPSA) is 51.8 Å². The van der Waals surface area contributed by atoms with E-state index in [4.69, 9.17) is 5.73 Å². The Morgan fingerprint density at radius 1 is 0.660 bits per heavy atom. The van der Waals surface area contributed by atoms with E-state index in [1.165, 1.54) is 5.39 Å². The van der Waals surface area contributed by atoms with Crippen LogP contribution < -0.4 is 5.73 Å². The zero-order valence-corrected chi connectivity index (χ0v) is 39.0. The fourth-order valence-corrected chi connectivity index (χ4v) is 3.71. The van der Waals surface area contributed by atoms with Gasteiger partial charge >= 0.3 is 0 Å². The third kappa shape index (κ3) is 31.9. The summed E-state index contributed by atoms with van der Waals surface area (Å²) < 4.78 is 0. The van der Waals surface area contributed by atoms with Crippen molar-refractivity contribution < 1.29 is 32.7 Å². The molecule has 0 aliphatic carbocycles. The van der Waals surface area contributed by atoms with Crippen molar-refractivity contribution >= 4 is 24.3 Å². The maximum atomic E-state index is 4.85. The van der Waals surface area contributed by atoms with Crippen molar-refractivity contribution in [3.05, 3.63) is 181 Å². The van der Waals surface area contributed by atoms with Gasteiger partial charge in [-0.1, -0.05) is 205 Å². The number of fused-ring (bicyclic) bond motifs is 1. The number of nitrogens with zero attached hydrogens (tertiary/aromatic N) is 2. The van der Waals surface area contributed by atoms with Crippen LogP contribution in [-0.4, -0.2) is 16.5 Å². The van der Waals surface area contributed by atoms with Gasteiger partial charge in [-0.05, 0) is 42.0 Å². The van der Waals surface area contributed by atoms with Crippen molar-refractivity contribution in [3.63, 3.8) is 0 Å². The summed E-state index contributed by atoms with van der Waals surface area (Å²) in [6.45, 7) is 27.1. The molecule has 0 saturated carbocycles. The molecule has 2 N–H and O–H groups in total. The van der Waals surface area contributed by atoms with Gasteiger partial charge in [0.25, 0.3) is 0 Å². The van der Waals surface area contributed by atoms with Crippen LogP contribution in [0, 0.1) is 31.3 Å². The Morgan fingerprint density at radius 2 is 1.09 bits per heavy atom. The molecule has 5 aromatic carbocycles. The van der Waals surface area contributed by atoms with Crippen LogP contribution in [0.15, 0.2) is 133 Å². The third-order valence-corrected chi connectivity index (χ3v) is 5.61. The van der Waals surface area contributed by atoms with E-state index in [9.17, 15) is 0 Å². The summed E-state index contributed by atoms with van der Waals surface area (Å²) in [5.74, 6) is 0.778. The zero-order valence-electron chi connectivity index (χ0n) is 35.2. The van der Waals surface area contributed by atoms with E-state index >= 15 is 0 Å².